The molecule has 2 aliphatic carbocycles. The van der Waals surface area contributed by atoms with Crippen LogP contribution in [0.2, 0.25) is 0 Å². The Morgan fingerprint density at radius 2 is 1.52 bits per heavy atom. The van der Waals surface area contributed by atoms with Crippen molar-refractivity contribution in [1.29, 1.82) is 0 Å². The van der Waals surface area contributed by atoms with Crippen molar-refractivity contribution in [3.8, 4) is 0 Å². The molecule has 3 atom stereocenters. The van der Waals surface area contributed by atoms with Gasteiger partial charge in [-0.3, -0.25) is 15.6 Å². The molecule has 3 rings (SSSR count). The fourth-order valence-corrected chi connectivity index (χ4v) is 3.76. The molecule has 0 radical (unpaired) electrons. The molecule has 1 amide bonds. The molecule has 2 saturated carbocycles. The van der Waals surface area contributed by atoms with Crippen LogP contribution in [0.25, 0.3) is 0 Å². The Kier molecular flexibility index (Phi) is 4.16. The molecule has 8 heteroatoms. The Morgan fingerprint density at radius 3 is 2.04 bits per heavy atom. The number of rotatable bonds is 4. The van der Waals surface area contributed by atoms with Crippen LogP contribution in [0, 0.1) is 46.8 Å². The molecular formula is C15H15F5N2O. The number of benzene rings is 1. The summed E-state index contributed by atoms with van der Waals surface area (Å²) >= 11 is 0. The van der Waals surface area contributed by atoms with Gasteiger partial charge in [-0.15, -0.1) is 0 Å². The zero-order valence-electron chi connectivity index (χ0n) is 12.1. The van der Waals surface area contributed by atoms with E-state index in [2.05, 4.69) is 0 Å². The molecule has 0 heterocycles. The molecule has 3 nitrogen and oxygen atoms in total. The van der Waals surface area contributed by atoms with Crippen LogP contribution in [-0.4, -0.2) is 5.91 Å². The number of anilines is 1. The number of carbonyl (C=O) groups is 1. The van der Waals surface area contributed by atoms with Crippen molar-refractivity contribution in [2.45, 2.75) is 32.1 Å². The number of hydrogen-bond donors (Lipinski definition) is 2. The van der Waals surface area contributed by atoms with Crippen molar-refractivity contribution in [3.63, 3.8) is 0 Å². The summed E-state index contributed by atoms with van der Waals surface area (Å²) in [5.74, 6) is -9.58. The number of hydrazine groups is 1. The largest absolute Gasteiger partial charge is 0.293 e. The minimum atomic E-state index is -2.24. The van der Waals surface area contributed by atoms with Gasteiger partial charge in [-0.05, 0) is 37.0 Å². The normalized spacial score (nSPS) is 25.7. The molecule has 0 saturated heterocycles. The van der Waals surface area contributed by atoms with E-state index in [1.165, 1.54) is 6.42 Å². The lowest BCUT2D eigenvalue weighted by molar-refractivity contribution is -0.121. The maximum Gasteiger partial charge on any atom is 0.238 e. The molecule has 2 bridgehead atoms. The summed E-state index contributed by atoms with van der Waals surface area (Å²) in [7, 11) is 0. The molecule has 23 heavy (non-hydrogen) atoms. The monoisotopic (exact) mass is 334 g/mol. The molecule has 0 aromatic heterocycles. The molecule has 2 aliphatic rings. The van der Waals surface area contributed by atoms with Crippen molar-refractivity contribution in [2.24, 2.45) is 17.8 Å². The second-order valence-electron chi connectivity index (χ2n) is 6.26. The summed E-state index contributed by atoms with van der Waals surface area (Å²) in [6.45, 7) is 0. The fraction of sp³-hybridized carbons (Fsp3) is 0.533. The molecule has 126 valence electrons. The number of hydrogen-bond acceptors (Lipinski definition) is 2. The maximum absolute atomic E-state index is 13.4. The van der Waals surface area contributed by atoms with Gasteiger partial charge in [-0.1, -0.05) is 6.42 Å². The van der Waals surface area contributed by atoms with Crippen LogP contribution in [0.4, 0.5) is 27.6 Å². The van der Waals surface area contributed by atoms with E-state index in [9.17, 15) is 26.7 Å². The summed E-state index contributed by atoms with van der Waals surface area (Å²) in [6.07, 6.45) is 4.46. The predicted octanol–water partition coefficient (Wildman–Crippen LogP) is 3.65. The minimum Gasteiger partial charge on any atom is -0.293 e. The topological polar surface area (TPSA) is 41.1 Å². The summed E-state index contributed by atoms with van der Waals surface area (Å²) in [5, 5.41) is 0. The average molecular weight is 334 g/mol. The van der Waals surface area contributed by atoms with Gasteiger partial charge in [0.1, 0.15) is 5.69 Å². The quantitative estimate of drug-likeness (QED) is 0.382. The lowest BCUT2D eigenvalue weighted by Crippen LogP contribution is -2.33. The Balaban J connectivity index is 1.63. The Morgan fingerprint density at radius 1 is 0.913 bits per heavy atom. The van der Waals surface area contributed by atoms with Gasteiger partial charge in [0.2, 0.25) is 11.7 Å². The van der Waals surface area contributed by atoms with Gasteiger partial charge >= 0.3 is 0 Å². The summed E-state index contributed by atoms with van der Waals surface area (Å²) in [6, 6.07) is 0. The highest BCUT2D eigenvalue weighted by atomic mass is 19.2. The third-order valence-corrected chi connectivity index (χ3v) is 4.87. The molecule has 1 aromatic rings. The fourth-order valence-electron chi connectivity index (χ4n) is 3.76. The third-order valence-electron chi connectivity index (χ3n) is 4.87. The van der Waals surface area contributed by atoms with Crippen molar-refractivity contribution in [3.05, 3.63) is 29.1 Å². The van der Waals surface area contributed by atoms with Gasteiger partial charge < -0.3 is 0 Å². The standard InChI is InChI=1S/C15H15F5N2O/c16-10-11(17)13(19)15(14(20)12(10)18)22-21-9(23)5-8-4-6-1-2-7(8)3-6/h6-8,22H,1-5H2,(H,21,23)/t6-,7-,8-/m1/s1. The van der Waals surface area contributed by atoms with Gasteiger partial charge in [0.15, 0.2) is 23.3 Å². The Labute approximate surface area is 129 Å². The van der Waals surface area contributed by atoms with E-state index in [0.717, 1.165) is 19.3 Å². The van der Waals surface area contributed by atoms with E-state index in [-0.39, 0.29) is 12.3 Å². The van der Waals surface area contributed by atoms with Crippen LogP contribution in [-0.2, 0) is 4.79 Å². The zero-order chi connectivity index (χ0) is 16.7. The van der Waals surface area contributed by atoms with Gasteiger partial charge in [0.05, 0.1) is 0 Å². The van der Waals surface area contributed by atoms with E-state index in [4.69, 9.17) is 0 Å². The summed E-state index contributed by atoms with van der Waals surface area (Å²) in [5.41, 5.74) is 2.57. The van der Waals surface area contributed by atoms with Gasteiger partial charge in [-0.2, -0.15) is 0 Å². The lowest BCUT2D eigenvalue weighted by atomic mass is 9.86. The first-order chi connectivity index (χ1) is 10.9. The van der Waals surface area contributed by atoms with Crippen LogP contribution >= 0.6 is 0 Å². The SMILES string of the molecule is O=C(C[C@H]1C[C@@H]2CC[C@@H]1C2)NNc1c(F)c(F)c(F)c(F)c1F. The molecule has 0 spiro atoms. The van der Waals surface area contributed by atoms with Gasteiger partial charge in [0.25, 0.3) is 0 Å². The van der Waals surface area contributed by atoms with Crippen LogP contribution in [0.3, 0.4) is 0 Å². The van der Waals surface area contributed by atoms with E-state index >= 15 is 0 Å². The number of halogens is 5. The van der Waals surface area contributed by atoms with Gasteiger partial charge in [-0.25, -0.2) is 22.0 Å². The average Bonchev–Trinajstić information content (AvgIpc) is 3.13. The molecule has 2 fully saturated rings. The van der Waals surface area contributed by atoms with Crippen LogP contribution in [0.1, 0.15) is 32.1 Å². The van der Waals surface area contributed by atoms with Crippen LogP contribution < -0.4 is 10.9 Å². The molecule has 1 aromatic carbocycles. The van der Waals surface area contributed by atoms with E-state index < -0.39 is 40.7 Å². The predicted molar refractivity (Wildman–Crippen MR) is 71.6 cm³/mol. The first kappa shape index (κ1) is 16.0. The number of nitrogens with one attached hydrogen (secondary N) is 2. The molecule has 0 aliphatic heterocycles. The Bertz CT molecular complexity index is 622. The smallest absolute Gasteiger partial charge is 0.238 e. The molecule has 0 unspecified atom stereocenters. The highest BCUT2D eigenvalue weighted by Gasteiger charge is 2.40. The van der Waals surface area contributed by atoms with Crippen LogP contribution in [0.5, 0.6) is 0 Å². The van der Waals surface area contributed by atoms with E-state index in [0.29, 0.717) is 11.8 Å². The van der Waals surface area contributed by atoms with Gasteiger partial charge in [0, 0.05) is 6.42 Å². The van der Waals surface area contributed by atoms with Crippen molar-refractivity contribution < 1.29 is 26.7 Å². The second-order valence-corrected chi connectivity index (χ2v) is 6.26. The Hall–Kier alpha value is -1.86. The number of fused-ring (bicyclic) bond motifs is 2. The summed E-state index contributed by atoms with van der Waals surface area (Å²) in [4.78, 5) is 11.8. The number of amides is 1. The maximum atomic E-state index is 13.4. The second kappa shape index (κ2) is 5.98. The summed E-state index contributed by atoms with van der Waals surface area (Å²) < 4.78 is 65.9. The molecule has 2 N–H and O–H groups in total. The van der Waals surface area contributed by atoms with Crippen molar-refractivity contribution >= 4 is 11.6 Å². The first-order valence-electron chi connectivity index (χ1n) is 7.44. The molecular weight excluding hydrogens is 319 g/mol. The third kappa shape index (κ3) is 2.86. The highest BCUT2D eigenvalue weighted by molar-refractivity contribution is 5.77. The van der Waals surface area contributed by atoms with E-state index in [1.54, 1.807) is 0 Å². The zero-order valence-corrected chi connectivity index (χ0v) is 12.1. The van der Waals surface area contributed by atoms with Crippen molar-refractivity contribution in [1.82, 2.24) is 5.43 Å². The lowest BCUT2D eigenvalue weighted by Gasteiger charge is -2.21. The van der Waals surface area contributed by atoms with Crippen molar-refractivity contribution in [2.75, 3.05) is 5.43 Å². The highest BCUT2D eigenvalue weighted by Crippen LogP contribution is 2.49. The number of carbonyl (C=O) groups excluding carboxylic acids is 1. The minimum absolute atomic E-state index is 0.170. The van der Waals surface area contributed by atoms with E-state index in [1.807, 2.05) is 10.9 Å². The van der Waals surface area contributed by atoms with Crippen LogP contribution in [0.15, 0.2) is 0 Å². The first-order valence-corrected chi connectivity index (χ1v) is 7.44.